The molecular weight excluding hydrogens is 316 g/mol. The lowest BCUT2D eigenvalue weighted by Gasteiger charge is -2.18. The number of hydrogen-bond donors (Lipinski definition) is 1. The zero-order valence-electron chi connectivity index (χ0n) is 15.3. The van der Waals surface area contributed by atoms with Crippen LogP contribution in [0.5, 0.6) is 5.88 Å². The molecule has 2 aromatic rings. The molecule has 0 spiro atoms. The van der Waals surface area contributed by atoms with Gasteiger partial charge in [0, 0.05) is 11.6 Å². The van der Waals surface area contributed by atoms with Gasteiger partial charge < -0.3 is 10.1 Å². The number of nitrogens with zero attached hydrogens (tertiary/aromatic N) is 3. The van der Waals surface area contributed by atoms with Gasteiger partial charge in [0.2, 0.25) is 5.88 Å². The second-order valence-corrected chi connectivity index (χ2v) is 6.79. The van der Waals surface area contributed by atoms with E-state index in [0.717, 1.165) is 18.5 Å². The summed E-state index contributed by atoms with van der Waals surface area (Å²) in [5, 5.41) is 7.66. The number of unbranched alkanes of at least 4 members (excludes halogenated alkanes) is 1. The van der Waals surface area contributed by atoms with E-state index in [9.17, 15) is 4.79 Å². The molecule has 0 aliphatic rings. The Kier molecular flexibility index (Phi) is 6.33. The Bertz CT molecular complexity index is 761. The number of para-hydroxylation sites is 1. The fraction of sp³-hybridized carbons (Fsp3) is 0.421. The van der Waals surface area contributed by atoms with Crippen LogP contribution < -0.4 is 15.4 Å². The van der Waals surface area contributed by atoms with Gasteiger partial charge >= 0.3 is 6.03 Å². The first-order chi connectivity index (χ1) is 11.9. The third-order valence-electron chi connectivity index (χ3n) is 3.25. The molecule has 0 saturated heterocycles. The monoisotopic (exact) mass is 342 g/mol. The molecule has 0 unspecified atom stereocenters. The van der Waals surface area contributed by atoms with E-state index in [0.29, 0.717) is 17.8 Å². The second-order valence-electron chi connectivity index (χ2n) is 6.79. The van der Waals surface area contributed by atoms with Crippen molar-refractivity contribution in [1.29, 1.82) is 0 Å². The number of aromatic nitrogens is 2. The van der Waals surface area contributed by atoms with Crippen molar-refractivity contribution >= 4 is 6.03 Å². The Labute approximate surface area is 148 Å². The van der Waals surface area contributed by atoms with Crippen molar-refractivity contribution in [3.05, 3.63) is 48.0 Å². The van der Waals surface area contributed by atoms with Crippen LogP contribution in [0, 0.1) is 0 Å². The average Bonchev–Trinajstić information content (AvgIpc) is 2.54. The summed E-state index contributed by atoms with van der Waals surface area (Å²) in [5.41, 5.74) is 0.549. The Hall–Kier alpha value is -2.63. The number of carbonyl (C=O) groups excluding carboxylic acids is 1. The number of benzene rings is 1. The van der Waals surface area contributed by atoms with Gasteiger partial charge in [0.15, 0.2) is 0 Å². The first kappa shape index (κ1) is 18.7. The van der Waals surface area contributed by atoms with Gasteiger partial charge in [-0.3, -0.25) is 0 Å². The van der Waals surface area contributed by atoms with E-state index in [1.807, 2.05) is 51.1 Å². The van der Waals surface area contributed by atoms with Crippen LogP contribution in [0.15, 0.2) is 47.6 Å². The van der Waals surface area contributed by atoms with Crippen LogP contribution in [0.3, 0.4) is 0 Å². The van der Waals surface area contributed by atoms with Crippen molar-refractivity contribution in [1.82, 2.24) is 15.1 Å². The zero-order valence-corrected chi connectivity index (χ0v) is 15.3. The van der Waals surface area contributed by atoms with Crippen molar-refractivity contribution in [2.75, 3.05) is 6.61 Å². The summed E-state index contributed by atoms with van der Waals surface area (Å²) < 4.78 is 7.57. The number of urea groups is 1. The number of carbonyl (C=O) groups is 1. The number of hydrogen-bond acceptors (Lipinski definition) is 3. The van der Waals surface area contributed by atoms with Crippen LogP contribution in [0.1, 0.15) is 40.5 Å². The summed E-state index contributed by atoms with van der Waals surface area (Å²) in [6.07, 6.45) is 3.54. The summed E-state index contributed by atoms with van der Waals surface area (Å²) in [4.78, 5) is 16.1. The highest BCUT2D eigenvalue weighted by molar-refractivity contribution is 5.75. The SMILES string of the molecule is CCCCOc1c/c(=N\C(=O)NC(C)(C)C)cnn1-c1ccccc1. The number of nitrogens with one attached hydrogen (secondary N) is 1. The summed E-state index contributed by atoms with van der Waals surface area (Å²) in [7, 11) is 0. The molecule has 0 aliphatic heterocycles. The lowest BCUT2D eigenvalue weighted by Crippen LogP contribution is -2.39. The molecule has 0 aliphatic carbocycles. The molecule has 0 saturated carbocycles. The lowest BCUT2D eigenvalue weighted by atomic mass is 10.1. The van der Waals surface area contributed by atoms with E-state index < -0.39 is 6.03 Å². The third kappa shape index (κ3) is 6.06. The smallest absolute Gasteiger partial charge is 0.341 e. The highest BCUT2D eigenvalue weighted by Crippen LogP contribution is 2.14. The molecule has 2 rings (SSSR count). The quantitative estimate of drug-likeness (QED) is 0.846. The molecule has 1 aromatic heterocycles. The molecule has 6 heteroatoms. The molecule has 6 nitrogen and oxygen atoms in total. The maximum absolute atomic E-state index is 12.0. The molecule has 0 fully saturated rings. The molecule has 0 atom stereocenters. The normalized spacial score (nSPS) is 12.1. The van der Waals surface area contributed by atoms with Crippen LogP contribution in [0.25, 0.3) is 5.69 Å². The average molecular weight is 342 g/mol. The lowest BCUT2D eigenvalue weighted by molar-refractivity contribution is 0.240. The van der Waals surface area contributed by atoms with E-state index in [2.05, 4.69) is 22.3 Å². The maximum Gasteiger partial charge on any atom is 0.341 e. The fourth-order valence-electron chi connectivity index (χ4n) is 2.11. The fourth-order valence-corrected chi connectivity index (χ4v) is 2.11. The van der Waals surface area contributed by atoms with Crippen molar-refractivity contribution in [2.45, 2.75) is 46.1 Å². The van der Waals surface area contributed by atoms with Gasteiger partial charge in [0.1, 0.15) is 0 Å². The van der Waals surface area contributed by atoms with E-state index in [1.165, 1.54) is 0 Å². The summed E-state index contributed by atoms with van der Waals surface area (Å²) in [5.74, 6) is 0.560. The zero-order chi connectivity index (χ0) is 18.3. The van der Waals surface area contributed by atoms with Gasteiger partial charge in [-0.1, -0.05) is 31.5 Å². The minimum Gasteiger partial charge on any atom is -0.478 e. The minimum atomic E-state index is -0.397. The molecular formula is C19H26N4O2. The van der Waals surface area contributed by atoms with E-state index in [-0.39, 0.29) is 5.54 Å². The standard InChI is InChI=1S/C19H26N4O2/c1-5-6-12-25-17-13-15(21-18(24)22-19(2,3)4)14-20-23(17)16-10-8-7-9-11-16/h7-11,13-14H,5-6,12H2,1-4H3,(H,22,24)/b21-15+. The number of ether oxygens (including phenoxy) is 1. The van der Waals surface area contributed by atoms with Gasteiger partial charge in [0.05, 0.1) is 23.8 Å². The Balaban J connectivity index is 2.35. The van der Waals surface area contributed by atoms with Crippen molar-refractivity contribution in [3.8, 4) is 11.6 Å². The first-order valence-electron chi connectivity index (χ1n) is 8.53. The highest BCUT2D eigenvalue weighted by atomic mass is 16.5. The number of amides is 2. The largest absolute Gasteiger partial charge is 0.478 e. The number of rotatable bonds is 5. The molecule has 1 heterocycles. The minimum absolute atomic E-state index is 0.340. The summed E-state index contributed by atoms with van der Waals surface area (Å²) in [6.45, 7) is 8.42. The molecule has 1 aromatic carbocycles. The molecule has 25 heavy (non-hydrogen) atoms. The molecule has 1 N–H and O–H groups in total. The van der Waals surface area contributed by atoms with Crippen LogP contribution in [0.4, 0.5) is 4.79 Å². The van der Waals surface area contributed by atoms with Crippen LogP contribution in [0.2, 0.25) is 0 Å². The summed E-state index contributed by atoms with van der Waals surface area (Å²) in [6, 6.07) is 11.1. The van der Waals surface area contributed by atoms with Gasteiger partial charge in [-0.15, -0.1) is 0 Å². The second kappa shape index (κ2) is 8.46. The topological polar surface area (TPSA) is 68.5 Å². The third-order valence-corrected chi connectivity index (χ3v) is 3.25. The van der Waals surface area contributed by atoms with Crippen LogP contribution in [-0.4, -0.2) is 28.0 Å². The van der Waals surface area contributed by atoms with Crippen molar-refractivity contribution in [3.63, 3.8) is 0 Å². The molecule has 0 bridgehead atoms. The Morgan fingerprint density at radius 2 is 2.00 bits per heavy atom. The predicted octanol–water partition coefficient (Wildman–Crippen LogP) is 3.46. The molecule has 2 amide bonds. The van der Waals surface area contributed by atoms with E-state index >= 15 is 0 Å². The van der Waals surface area contributed by atoms with Crippen LogP contribution in [-0.2, 0) is 0 Å². The molecule has 0 radical (unpaired) electrons. The van der Waals surface area contributed by atoms with E-state index in [4.69, 9.17) is 4.74 Å². The first-order valence-corrected chi connectivity index (χ1v) is 8.53. The molecule has 134 valence electrons. The highest BCUT2D eigenvalue weighted by Gasteiger charge is 2.13. The van der Waals surface area contributed by atoms with Gasteiger partial charge in [0.25, 0.3) is 0 Å². The van der Waals surface area contributed by atoms with Crippen LogP contribution >= 0.6 is 0 Å². The van der Waals surface area contributed by atoms with Crippen molar-refractivity contribution < 1.29 is 9.53 Å². The van der Waals surface area contributed by atoms with Crippen molar-refractivity contribution in [2.24, 2.45) is 4.99 Å². The van der Waals surface area contributed by atoms with E-state index in [1.54, 1.807) is 16.9 Å². The Morgan fingerprint density at radius 1 is 1.28 bits per heavy atom. The predicted molar refractivity (Wildman–Crippen MR) is 97.8 cm³/mol. The summed E-state index contributed by atoms with van der Waals surface area (Å²) >= 11 is 0. The Morgan fingerprint density at radius 3 is 2.64 bits per heavy atom. The van der Waals surface area contributed by atoms with Gasteiger partial charge in [-0.05, 0) is 39.3 Å². The van der Waals surface area contributed by atoms with Gasteiger partial charge in [-0.2, -0.15) is 10.1 Å². The van der Waals surface area contributed by atoms with Gasteiger partial charge in [-0.25, -0.2) is 9.48 Å². The maximum atomic E-state index is 12.0.